The van der Waals surface area contributed by atoms with Crippen molar-refractivity contribution in [1.82, 2.24) is 19.8 Å². The minimum Gasteiger partial charge on any atom is -0.306 e. The SMILES string of the molecule is Cc1ncc(CN2CC3CN(C)CC3C2)cn1. The van der Waals surface area contributed by atoms with Crippen molar-refractivity contribution in [2.24, 2.45) is 11.8 Å². The largest absolute Gasteiger partial charge is 0.306 e. The van der Waals surface area contributed by atoms with E-state index in [0.717, 1.165) is 24.2 Å². The standard InChI is InChI=1S/C13H20N4/c1-10-14-3-11(4-15-10)5-17-8-12-6-16(2)7-13(12)9-17/h3-4,12-13H,5-9H2,1-2H3. The van der Waals surface area contributed by atoms with E-state index in [2.05, 4.69) is 26.8 Å². The Labute approximate surface area is 103 Å². The van der Waals surface area contributed by atoms with Gasteiger partial charge < -0.3 is 4.90 Å². The van der Waals surface area contributed by atoms with Gasteiger partial charge in [0, 0.05) is 50.7 Å². The van der Waals surface area contributed by atoms with Gasteiger partial charge in [-0.1, -0.05) is 0 Å². The molecule has 17 heavy (non-hydrogen) atoms. The third-order valence-corrected chi connectivity index (χ3v) is 3.99. The summed E-state index contributed by atoms with van der Waals surface area (Å²) in [6.07, 6.45) is 3.92. The van der Waals surface area contributed by atoms with Crippen LogP contribution in [0, 0.1) is 18.8 Å². The predicted molar refractivity (Wildman–Crippen MR) is 66.5 cm³/mol. The van der Waals surface area contributed by atoms with Gasteiger partial charge in [-0.3, -0.25) is 4.90 Å². The zero-order chi connectivity index (χ0) is 11.8. The number of hydrogen-bond donors (Lipinski definition) is 0. The first kappa shape index (κ1) is 11.1. The summed E-state index contributed by atoms with van der Waals surface area (Å²) in [5.41, 5.74) is 1.24. The minimum atomic E-state index is 0.855. The molecular weight excluding hydrogens is 212 g/mol. The summed E-state index contributed by atoms with van der Waals surface area (Å²) in [4.78, 5) is 13.5. The van der Waals surface area contributed by atoms with Crippen molar-refractivity contribution in [3.63, 3.8) is 0 Å². The average Bonchev–Trinajstić information content (AvgIpc) is 2.78. The van der Waals surface area contributed by atoms with E-state index in [1.807, 2.05) is 19.3 Å². The minimum absolute atomic E-state index is 0.855. The Bertz CT molecular complexity index is 375. The molecule has 2 fully saturated rings. The molecule has 92 valence electrons. The monoisotopic (exact) mass is 232 g/mol. The molecule has 2 unspecified atom stereocenters. The van der Waals surface area contributed by atoms with E-state index in [4.69, 9.17) is 0 Å². The molecule has 0 spiro atoms. The Balaban J connectivity index is 1.60. The third-order valence-electron chi connectivity index (χ3n) is 3.99. The topological polar surface area (TPSA) is 32.3 Å². The summed E-state index contributed by atoms with van der Waals surface area (Å²) < 4.78 is 0. The second-order valence-corrected chi connectivity index (χ2v) is 5.57. The normalized spacial score (nSPS) is 29.8. The molecule has 4 heteroatoms. The average molecular weight is 232 g/mol. The van der Waals surface area contributed by atoms with Gasteiger partial charge in [-0.15, -0.1) is 0 Å². The Morgan fingerprint density at radius 2 is 1.71 bits per heavy atom. The van der Waals surface area contributed by atoms with Crippen LogP contribution in [0.5, 0.6) is 0 Å². The smallest absolute Gasteiger partial charge is 0.125 e. The summed E-state index contributed by atoms with van der Waals surface area (Å²) in [5.74, 6) is 2.62. The highest BCUT2D eigenvalue weighted by Gasteiger charge is 2.38. The lowest BCUT2D eigenvalue weighted by molar-refractivity contribution is 0.271. The Hall–Kier alpha value is -1.00. The van der Waals surface area contributed by atoms with Gasteiger partial charge in [-0.2, -0.15) is 0 Å². The van der Waals surface area contributed by atoms with Crippen molar-refractivity contribution in [2.75, 3.05) is 33.2 Å². The van der Waals surface area contributed by atoms with E-state index in [9.17, 15) is 0 Å². The Morgan fingerprint density at radius 3 is 2.29 bits per heavy atom. The molecule has 0 aliphatic carbocycles. The molecule has 0 N–H and O–H groups in total. The fourth-order valence-electron chi connectivity index (χ4n) is 3.21. The van der Waals surface area contributed by atoms with Crippen molar-refractivity contribution in [3.05, 3.63) is 23.8 Å². The highest BCUT2D eigenvalue weighted by Crippen LogP contribution is 2.30. The summed E-state index contributed by atoms with van der Waals surface area (Å²) in [5, 5.41) is 0. The second kappa shape index (κ2) is 4.35. The van der Waals surface area contributed by atoms with E-state index in [1.165, 1.54) is 31.7 Å². The van der Waals surface area contributed by atoms with Crippen LogP contribution in [-0.2, 0) is 6.54 Å². The molecular formula is C13H20N4. The maximum atomic E-state index is 4.26. The lowest BCUT2D eigenvalue weighted by atomic mass is 10.0. The quantitative estimate of drug-likeness (QED) is 0.754. The lowest BCUT2D eigenvalue weighted by Crippen LogP contribution is -2.26. The van der Waals surface area contributed by atoms with Crippen LogP contribution < -0.4 is 0 Å². The van der Waals surface area contributed by atoms with Crippen LogP contribution in [-0.4, -0.2) is 53.0 Å². The van der Waals surface area contributed by atoms with Crippen molar-refractivity contribution in [1.29, 1.82) is 0 Å². The molecule has 1 aromatic rings. The molecule has 2 aliphatic heterocycles. The molecule has 2 atom stereocenters. The first-order chi connectivity index (χ1) is 8.20. The Morgan fingerprint density at radius 1 is 1.12 bits per heavy atom. The number of likely N-dealkylation sites (tertiary alicyclic amines) is 2. The van der Waals surface area contributed by atoms with E-state index in [0.29, 0.717) is 0 Å². The molecule has 0 aromatic carbocycles. The van der Waals surface area contributed by atoms with Crippen molar-refractivity contribution in [2.45, 2.75) is 13.5 Å². The van der Waals surface area contributed by atoms with E-state index in [1.54, 1.807) is 0 Å². The van der Waals surface area contributed by atoms with Gasteiger partial charge in [0.15, 0.2) is 0 Å². The number of rotatable bonds is 2. The summed E-state index contributed by atoms with van der Waals surface area (Å²) in [6.45, 7) is 7.96. The van der Waals surface area contributed by atoms with Crippen molar-refractivity contribution < 1.29 is 0 Å². The molecule has 0 radical (unpaired) electrons. The number of nitrogens with zero attached hydrogens (tertiary/aromatic N) is 4. The van der Waals surface area contributed by atoms with Crippen LogP contribution in [0.3, 0.4) is 0 Å². The lowest BCUT2D eigenvalue weighted by Gasteiger charge is -2.18. The summed E-state index contributed by atoms with van der Waals surface area (Å²) in [7, 11) is 2.23. The highest BCUT2D eigenvalue weighted by molar-refractivity contribution is 5.06. The highest BCUT2D eigenvalue weighted by atomic mass is 15.2. The fourth-order valence-corrected chi connectivity index (χ4v) is 3.21. The first-order valence-electron chi connectivity index (χ1n) is 6.39. The van der Waals surface area contributed by atoms with Gasteiger partial charge in [-0.05, 0) is 25.8 Å². The van der Waals surface area contributed by atoms with Crippen LogP contribution in [0.1, 0.15) is 11.4 Å². The van der Waals surface area contributed by atoms with Crippen LogP contribution in [0.25, 0.3) is 0 Å². The number of hydrogen-bond acceptors (Lipinski definition) is 4. The molecule has 2 aliphatic rings. The summed E-state index contributed by atoms with van der Waals surface area (Å²) >= 11 is 0. The number of aryl methyl sites for hydroxylation is 1. The van der Waals surface area contributed by atoms with Crippen molar-refractivity contribution in [3.8, 4) is 0 Å². The molecule has 2 saturated heterocycles. The van der Waals surface area contributed by atoms with Gasteiger partial charge in [0.25, 0.3) is 0 Å². The van der Waals surface area contributed by atoms with Crippen molar-refractivity contribution >= 4 is 0 Å². The first-order valence-corrected chi connectivity index (χ1v) is 6.39. The van der Waals surface area contributed by atoms with E-state index < -0.39 is 0 Å². The molecule has 0 bridgehead atoms. The number of fused-ring (bicyclic) bond motifs is 1. The van der Waals surface area contributed by atoms with Gasteiger partial charge in [0.1, 0.15) is 5.82 Å². The van der Waals surface area contributed by atoms with E-state index in [-0.39, 0.29) is 0 Å². The van der Waals surface area contributed by atoms with Gasteiger partial charge >= 0.3 is 0 Å². The molecule has 3 rings (SSSR count). The summed E-state index contributed by atoms with van der Waals surface area (Å²) in [6, 6.07) is 0. The van der Waals surface area contributed by atoms with Gasteiger partial charge in [0.2, 0.25) is 0 Å². The maximum absolute atomic E-state index is 4.26. The maximum Gasteiger partial charge on any atom is 0.125 e. The molecule has 0 saturated carbocycles. The molecule has 1 aromatic heterocycles. The molecule has 0 amide bonds. The van der Waals surface area contributed by atoms with Crippen LogP contribution in [0.15, 0.2) is 12.4 Å². The van der Waals surface area contributed by atoms with Gasteiger partial charge in [-0.25, -0.2) is 9.97 Å². The molecule has 4 nitrogen and oxygen atoms in total. The van der Waals surface area contributed by atoms with Crippen LogP contribution in [0.4, 0.5) is 0 Å². The van der Waals surface area contributed by atoms with Crippen LogP contribution in [0.2, 0.25) is 0 Å². The van der Waals surface area contributed by atoms with Crippen LogP contribution >= 0.6 is 0 Å². The zero-order valence-electron chi connectivity index (χ0n) is 10.6. The zero-order valence-corrected chi connectivity index (χ0v) is 10.6. The second-order valence-electron chi connectivity index (χ2n) is 5.57. The Kier molecular flexibility index (Phi) is 2.84. The predicted octanol–water partition coefficient (Wildman–Crippen LogP) is 0.778. The van der Waals surface area contributed by atoms with E-state index >= 15 is 0 Å². The fraction of sp³-hybridized carbons (Fsp3) is 0.692. The number of aromatic nitrogens is 2. The van der Waals surface area contributed by atoms with Gasteiger partial charge in [0.05, 0.1) is 0 Å². The molecule has 3 heterocycles. The third kappa shape index (κ3) is 2.33.